The Morgan fingerprint density at radius 2 is 2.24 bits per heavy atom. The molecule has 1 aliphatic heterocycles. The van der Waals surface area contributed by atoms with Crippen molar-refractivity contribution in [1.82, 2.24) is 19.4 Å². The van der Waals surface area contributed by atoms with Crippen molar-refractivity contribution >= 4 is 22.9 Å². The molecular formula is C14H21N7. The first-order valence-corrected chi connectivity index (χ1v) is 7.23. The van der Waals surface area contributed by atoms with Crippen molar-refractivity contribution in [2.45, 2.75) is 25.3 Å². The van der Waals surface area contributed by atoms with Gasteiger partial charge in [-0.05, 0) is 32.5 Å². The lowest BCUT2D eigenvalue weighted by molar-refractivity contribution is 0.302. The van der Waals surface area contributed by atoms with Gasteiger partial charge in [0.05, 0.1) is 0 Å². The number of anilines is 1. The Morgan fingerprint density at radius 1 is 1.43 bits per heavy atom. The fourth-order valence-electron chi connectivity index (χ4n) is 3.14. The van der Waals surface area contributed by atoms with E-state index < -0.39 is 0 Å². The van der Waals surface area contributed by atoms with Crippen LogP contribution in [0, 0.1) is 5.41 Å². The third-order valence-corrected chi connectivity index (χ3v) is 4.12. The lowest BCUT2D eigenvalue weighted by Gasteiger charge is -2.23. The van der Waals surface area contributed by atoms with Crippen molar-refractivity contribution in [2.75, 3.05) is 25.9 Å². The molecule has 21 heavy (non-hydrogen) atoms. The van der Waals surface area contributed by atoms with Gasteiger partial charge in [0, 0.05) is 24.3 Å². The third-order valence-electron chi connectivity index (χ3n) is 4.12. The Balaban J connectivity index is 2.16. The van der Waals surface area contributed by atoms with E-state index in [1.165, 1.54) is 6.42 Å². The van der Waals surface area contributed by atoms with Gasteiger partial charge < -0.3 is 20.9 Å². The van der Waals surface area contributed by atoms with E-state index in [0.29, 0.717) is 17.2 Å². The van der Waals surface area contributed by atoms with E-state index in [0.717, 1.165) is 31.4 Å². The monoisotopic (exact) mass is 287 g/mol. The van der Waals surface area contributed by atoms with Crippen molar-refractivity contribution in [2.24, 2.45) is 5.73 Å². The summed E-state index contributed by atoms with van der Waals surface area (Å²) in [7, 11) is 2.12. The molecule has 1 atom stereocenters. The second-order valence-electron chi connectivity index (χ2n) is 5.70. The number of likely N-dealkylation sites (tertiary alicyclic amines) is 1. The first-order chi connectivity index (χ1) is 10.1. The molecule has 1 fully saturated rings. The number of pyridine rings is 1. The van der Waals surface area contributed by atoms with Crippen LogP contribution < -0.4 is 11.5 Å². The molecule has 3 rings (SSSR count). The van der Waals surface area contributed by atoms with Gasteiger partial charge in [-0.25, -0.2) is 4.98 Å². The summed E-state index contributed by atoms with van der Waals surface area (Å²) in [5, 5.41) is 7.78. The van der Waals surface area contributed by atoms with Crippen LogP contribution >= 0.6 is 0 Å². The second-order valence-corrected chi connectivity index (χ2v) is 5.70. The van der Waals surface area contributed by atoms with Gasteiger partial charge in [0.15, 0.2) is 5.65 Å². The fourth-order valence-corrected chi connectivity index (χ4v) is 3.14. The molecule has 0 saturated carbocycles. The lowest BCUT2D eigenvalue weighted by atomic mass is 10.1. The average molecular weight is 287 g/mol. The van der Waals surface area contributed by atoms with Gasteiger partial charge in [0.2, 0.25) is 5.95 Å². The zero-order valence-corrected chi connectivity index (χ0v) is 12.2. The highest BCUT2D eigenvalue weighted by Crippen LogP contribution is 2.29. The lowest BCUT2D eigenvalue weighted by Crippen LogP contribution is -2.27. The molecule has 0 amide bonds. The molecule has 7 heteroatoms. The van der Waals surface area contributed by atoms with Gasteiger partial charge in [-0.3, -0.25) is 5.41 Å². The summed E-state index contributed by atoms with van der Waals surface area (Å²) in [6.45, 7) is 2.02. The number of imidazole rings is 1. The maximum Gasteiger partial charge on any atom is 0.203 e. The zero-order valence-electron chi connectivity index (χ0n) is 12.2. The molecule has 0 aromatic carbocycles. The van der Waals surface area contributed by atoms with Crippen LogP contribution in [-0.4, -0.2) is 45.4 Å². The zero-order chi connectivity index (χ0) is 15.0. The highest BCUT2D eigenvalue weighted by Gasteiger charge is 2.24. The predicted octanol–water partition coefficient (Wildman–Crippen LogP) is 0.954. The van der Waals surface area contributed by atoms with Gasteiger partial charge in [-0.15, -0.1) is 0 Å². The normalized spacial score (nSPS) is 20.5. The number of nitrogens with zero attached hydrogens (tertiary/aromatic N) is 4. The van der Waals surface area contributed by atoms with Gasteiger partial charge in [-0.1, -0.05) is 6.42 Å². The van der Waals surface area contributed by atoms with Crippen molar-refractivity contribution in [3.8, 4) is 0 Å². The molecule has 5 N–H and O–H groups in total. The van der Waals surface area contributed by atoms with E-state index in [9.17, 15) is 0 Å². The number of nitrogens with one attached hydrogen (secondary N) is 1. The van der Waals surface area contributed by atoms with Crippen LogP contribution in [0.3, 0.4) is 0 Å². The highest BCUT2D eigenvalue weighted by atomic mass is 15.2. The Labute approximate surface area is 123 Å². The molecule has 2 aromatic heterocycles. The molecule has 0 aliphatic carbocycles. The van der Waals surface area contributed by atoms with Crippen LogP contribution in [0.5, 0.6) is 0 Å². The van der Waals surface area contributed by atoms with Crippen LogP contribution in [0.4, 0.5) is 5.95 Å². The number of fused-ring (bicyclic) bond motifs is 1. The van der Waals surface area contributed by atoms with E-state index in [-0.39, 0.29) is 11.9 Å². The Kier molecular flexibility index (Phi) is 3.50. The van der Waals surface area contributed by atoms with E-state index in [1.54, 1.807) is 12.3 Å². The number of nitrogen functional groups attached to an aromatic ring is 2. The van der Waals surface area contributed by atoms with E-state index >= 15 is 0 Å². The largest absolute Gasteiger partial charge is 0.384 e. The first-order valence-electron chi connectivity index (χ1n) is 7.23. The number of hydrogen-bond acceptors (Lipinski definition) is 5. The number of aromatic nitrogens is 3. The van der Waals surface area contributed by atoms with Gasteiger partial charge in [0.25, 0.3) is 0 Å². The number of rotatable bonds is 2. The van der Waals surface area contributed by atoms with E-state index in [2.05, 4.69) is 21.9 Å². The van der Waals surface area contributed by atoms with E-state index in [1.807, 2.05) is 4.57 Å². The van der Waals surface area contributed by atoms with Gasteiger partial charge in [-0.2, -0.15) is 4.98 Å². The van der Waals surface area contributed by atoms with E-state index in [4.69, 9.17) is 16.9 Å². The molecule has 1 aliphatic rings. The van der Waals surface area contributed by atoms with Crippen molar-refractivity contribution in [3.05, 3.63) is 17.8 Å². The summed E-state index contributed by atoms with van der Waals surface area (Å²) in [5.74, 6) is 0.469. The minimum Gasteiger partial charge on any atom is -0.384 e. The van der Waals surface area contributed by atoms with Crippen LogP contribution in [0.25, 0.3) is 11.2 Å². The molecular weight excluding hydrogens is 266 g/mol. The molecule has 1 saturated heterocycles. The minimum absolute atomic E-state index is 0.0190. The number of hydrogen-bond donors (Lipinski definition) is 3. The molecule has 7 nitrogen and oxygen atoms in total. The topological polar surface area (TPSA) is 110 Å². The second kappa shape index (κ2) is 5.33. The molecule has 2 aromatic rings. The number of likely N-dealkylation sites (N-methyl/N-ethyl adjacent to an activating group) is 1. The van der Waals surface area contributed by atoms with Crippen LogP contribution in [0.1, 0.15) is 30.9 Å². The molecule has 0 spiro atoms. The summed E-state index contributed by atoms with van der Waals surface area (Å²) < 4.78 is 2.01. The number of nitrogens with two attached hydrogens (primary N) is 2. The molecule has 0 bridgehead atoms. The van der Waals surface area contributed by atoms with Gasteiger partial charge in [0.1, 0.15) is 11.4 Å². The summed E-state index contributed by atoms with van der Waals surface area (Å²) in [6, 6.07) is 1.99. The van der Waals surface area contributed by atoms with Crippen molar-refractivity contribution in [3.63, 3.8) is 0 Å². The highest BCUT2D eigenvalue weighted by molar-refractivity contribution is 6.05. The Morgan fingerprint density at radius 3 is 3.00 bits per heavy atom. The average Bonchev–Trinajstić information content (AvgIpc) is 2.62. The summed E-state index contributed by atoms with van der Waals surface area (Å²) in [4.78, 5) is 10.9. The standard InChI is InChI=1S/C14H21N7/c1-20-7-3-2-4-9(8-20)21-11-10(12(15)16)5-6-18-13(11)19-14(21)17/h5-6,9H,2-4,7-8H2,1H3,(H3,15,16)(H2,17,18,19). The molecule has 112 valence electrons. The minimum atomic E-state index is 0.0190. The predicted molar refractivity (Wildman–Crippen MR) is 83.3 cm³/mol. The van der Waals surface area contributed by atoms with Crippen molar-refractivity contribution in [1.29, 1.82) is 5.41 Å². The smallest absolute Gasteiger partial charge is 0.203 e. The Hall–Kier alpha value is -2.15. The summed E-state index contributed by atoms with van der Waals surface area (Å²) in [6.07, 6.45) is 5.02. The first kappa shape index (κ1) is 13.8. The number of amidine groups is 1. The SMILES string of the molecule is CN1CCCCC(n2c(N)nc3nccc(C(=N)N)c32)C1. The summed E-state index contributed by atoms with van der Waals surface area (Å²) >= 11 is 0. The van der Waals surface area contributed by atoms with Crippen LogP contribution in [0.15, 0.2) is 12.3 Å². The van der Waals surface area contributed by atoms with Gasteiger partial charge >= 0.3 is 0 Å². The molecule has 3 heterocycles. The maximum absolute atomic E-state index is 7.78. The third kappa shape index (κ3) is 2.44. The fraction of sp³-hybridized carbons (Fsp3) is 0.500. The quantitative estimate of drug-likeness (QED) is 0.563. The van der Waals surface area contributed by atoms with Crippen molar-refractivity contribution < 1.29 is 0 Å². The Bertz CT molecular complexity index is 675. The van der Waals surface area contributed by atoms with Crippen LogP contribution in [0.2, 0.25) is 0 Å². The molecule has 0 radical (unpaired) electrons. The maximum atomic E-state index is 7.78. The summed E-state index contributed by atoms with van der Waals surface area (Å²) in [5.41, 5.74) is 13.8. The van der Waals surface area contributed by atoms with Crippen LogP contribution in [-0.2, 0) is 0 Å². The molecule has 1 unspecified atom stereocenters.